The first-order valence-electron chi connectivity index (χ1n) is 6.24. The van der Waals surface area contributed by atoms with Gasteiger partial charge in [0.25, 0.3) is 5.91 Å². The van der Waals surface area contributed by atoms with Gasteiger partial charge in [-0.1, -0.05) is 6.07 Å². The monoisotopic (exact) mass is 304 g/mol. The third-order valence-electron chi connectivity index (χ3n) is 2.96. The van der Waals surface area contributed by atoms with Gasteiger partial charge in [0.1, 0.15) is 17.3 Å². The molecule has 0 atom stereocenters. The molecule has 7 nitrogen and oxygen atoms in total. The van der Waals surface area contributed by atoms with E-state index < -0.39 is 17.5 Å². The van der Waals surface area contributed by atoms with E-state index in [-0.39, 0.29) is 23.0 Å². The van der Waals surface area contributed by atoms with Gasteiger partial charge in [-0.25, -0.2) is 13.8 Å². The lowest BCUT2D eigenvalue weighted by molar-refractivity contribution is 0.102. The molecule has 2 heterocycles. The smallest absolute Gasteiger partial charge is 0.278 e. The van der Waals surface area contributed by atoms with E-state index in [2.05, 4.69) is 30.5 Å². The largest absolute Gasteiger partial charge is 0.348 e. The number of aromatic amines is 2. The van der Waals surface area contributed by atoms with Gasteiger partial charge in [-0.05, 0) is 19.1 Å². The number of H-pyrrole nitrogens is 2. The number of hydrogen-bond acceptors (Lipinski definition) is 4. The lowest BCUT2D eigenvalue weighted by Crippen LogP contribution is -2.14. The second kappa shape index (κ2) is 5.35. The average molecular weight is 304 g/mol. The van der Waals surface area contributed by atoms with Crippen molar-refractivity contribution in [3.63, 3.8) is 0 Å². The van der Waals surface area contributed by atoms with E-state index >= 15 is 0 Å². The molecule has 1 amide bonds. The van der Waals surface area contributed by atoms with Gasteiger partial charge in [-0.2, -0.15) is 4.98 Å². The molecule has 0 aliphatic carbocycles. The molecule has 3 aromatic rings. The van der Waals surface area contributed by atoms with Gasteiger partial charge in [-0.15, -0.1) is 5.10 Å². The van der Waals surface area contributed by atoms with Crippen molar-refractivity contribution < 1.29 is 13.6 Å². The first-order chi connectivity index (χ1) is 10.6. The Morgan fingerprint density at radius 2 is 2.00 bits per heavy atom. The Hall–Kier alpha value is -3.10. The Bertz CT molecular complexity index is 820. The zero-order valence-corrected chi connectivity index (χ0v) is 11.3. The SMILES string of the molecule is Cc1[nH]cnc1C(=O)Nc1n[nH]c(-c2c(F)cccc2F)n1. The van der Waals surface area contributed by atoms with E-state index in [4.69, 9.17) is 0 Å². The van der Waals surface area contributed by atoms with Crippen LogP contribution in [0.2, 0.25) is 0 Å². The third-order valence-corrected chi connectivity index (χ3v) is 2.96. The van der Waals surface area contributed by atoms with Gasteiger partial charge in [0.05, 0.1) is 11.9 Å². The van der Waals surface area contributed by atoms with Gasteiger partial charge >= 0.3 is 0 Å². The number of amides is 1. The van der Waals surface area contributed by atoms with E-state index in [0.717, 1.165) is 12.1 Å². The molecule has 112 valence electrons. The van der Waals surface area contributed by atoms with Gasteiger partial charge in [0.2, 0.25) is 5.95 Å². The molecule has 22 heavy (non-hydrogen) atoms. The summed E-state index contributed by atoms with van der Waals surface area (Å²) in [6.45, 7) is 1.68. The Morgan fingerprint density at radius 3 is 2.64 bits per heavy atom. The molecule has 0 fully saturated rings. The van der Waals surface area contributed by atoms with Crippen LogP contribution in [0.4, 0.5) is 14.7 Å². The number of carbonyl (C=O) groups is 1. The predicted molar refractivity (Wildman–Crippen MR) is 73.0 cm³/mol. The number of aryl methyl sites for hydroxylation is 1. The maximum atomic E-state index is 13.7. The summed E-state index contributed by atoms with van der Waals surface area (Å²) in [6, 6.07) is 3.45. The number of imidazole rings is 1. The topological polar surface area (TPSA) is 99.4 Å². The van der Waals surface area contributed by atoms with Crippen LogP contribution < -0.4 is 5.32 Å². The molecule has 0 bridgehead atoms. The molecule has 0 saturated carbocycles. The summed E-state index contributed by atoms with van der Waals surface area (Å²) < 4.78 is 27.3. The van der Waals surface area contributed by atoms with Crippen LogP contribution in [0.5, 0.6) is 0 Å². The Morgan fingerprint density at radius 1 is 1.27 bits per heavy atom. The van der Waals surface area contributed by atoms with Crippen LogP contribution in [0.15, 0.2) is 24.5 Å². The lowest BCUT2D eigenvalue weighted by atomic mass is 10.2. The summed E-state index contributed by atoms with van der Waals surface area (Å²) in [7, 11) is 0. The number of hydrogen-bond donors (Lipinski definition) is 3. The number of halogens is 2. The molecule has 0 spiro atoms. The van der Waals surface area contributed by atoms with Crippen LogP contribution in [0.25, 0.3) is 11.4 Å². The van der Waals surface area contributed by atoms with E-state index in [0.29, 0.717) is 5.69 Å². The van der Waals surface area contributed by atoms with Crippen molar-refractivity contribution in [3.05, 3.63) is 47.5 Å². The van der Waals surface area contributed by atoms with Gasteiger partial charge in [-0.3, -0.25) is 15.2 Å². The van der Waals surface area contributed by atoms with Crippen LogP contribution in [0.3, 0.4) is 0 Å². The molecule has 9 heteroatoms. The van der Waals surface area contributed by atoms with Crippen molar-refractivity contribution >= 4 is 11.9 Å². The highest BCUT2D eigenvalue weighted by Gasteiger charge is 2.18. The van der Waals surface area contributed by atoms with Crippen LogP contribution in [0, 0.1) is 18.6 Å². The quantitative estimate of drug-likeness (QED) is 0.689. The summed E-state index contributed by atoms with van der Waals surface area (Å²) in [4.78, 5) is 22.4. The molecular formula is C13H10F2N6O. The van der Waals surface area contributed by atoms with Crippen LogP contribution in [-0.2, 0) is 0 Å². The number of rotatable bonds is 3. The van der Waals surface area contributed by atoms with Gasteiger partial charge in [0.15, 0.2) is 5.82 Å². The third kappa shape index (κ3) is 2.43. The fourth-order valence-electron chi connectivity index (χ4n) is 1.90. The lowest BCUT2D eigenvalue weighted by Gasteiger charge is -2.00. The Labute approximate surface area is 122 Å². The summed E-state index contributed by atoms with van der Waals surface area (Å²) >= 11 is 0. The minimum atomic E-state index is -0.780. The van der Waals surface area contributed by atoms with Crippen molar-refractivity contribution in [2.24, 2.45) is 0 Å². The number of benzene rings is 1. The van der Waals surface area contributed by atoms with Crippen molar-refractivity contribution in [3.8, 4) is 11.4 Å². The van der Waals surface area contributed by atoms with Crippen molar-refractivity contribution in [2.45, 2.75) is 6.92 Å². The minimum Gasteiger partial charge on any atom is -0.348 e. The molecule has 0 unspecified atom stereocenters. The highest BCUT2D eigenvalue weighted by molar-refractivity contribution is 6.02. The summed E-state index contributed by atoms with van der Waals surface area (Å²) in [5.41, 5.74) is 0.420. The highest BCUT2D eigenvalue weighted by atomic mass is 19.1. The van der Waals surface area contributed by atoms with Gasteiger partial charge in [0, 0.05) is 5.69 Å². The molecular weight excluding hydrogens is 294 g/mol. The summed E-state index contributed by atoms with van der Waals surface area (Å²) in [5.74, 6) is -2.32. The second-order valence-corrected chi connectivity index (χ2v) is 4.43. The highest BCUT2D eigenvalue weighted by Crippen LogP contribution is 2.23. The standard InChI is InChI=1S/C13H10F2N6O/c1-6-10(17-5-16-6)12(22)19-13-18-11(20-21-13)9-7(14)3-2-4-8(9)15/h2-5H,1H3,(H,16,17)(H2,18,19,20,21,22). The molecule has 3 N–H and O–H groups in total. The second-order valence-electron chi connectivity index (χ2n) is 4.43. The zero-order chi connectivity index (χ0) is 15.7. The molecule has 0 saturated heterocycles. The summed E-state index contributed by atoms with van der Waals surface area (Å²) in [6.07, 6.45) is 1.38. The van der Waals surface area contributed by atoms with E-state index in [9.17, 15) is 13.6 Å². The van der Waals surface area contributed by atoms with Crippen molar-refractivity contribution in [2.75, 3.05) is 5.32 Å². The Balaban J connectivity index is 1.86. The Kier molecular flexibility index (Phi) is 3.37. The minimum absolute atomic E-state index is 0.106. The number of carbonyl (C=O) groups excluding carboxylic acids is 1. The number of nitrogens with one attached hydrogen (secondary N) is 3. The van der Waals surface area contributed by atoms with Crippen LogP contribution in [0.1, 0.15) is 16.2 Å². The van der Waals surface area contributed by atoms with E-state index in [1.54, 1.807) is 6.92 Å². The molecule has 0 radical (unpaired) electrons. The molecule has 1 aromatic carbocycles. The number of nitrogens with zero attached hydrogens (tertiary/aromatic N) is 3. The maximum absolute atomic E-state index is 13.7. The first kappa shape index (κ1) is 13.9. The fourth-order valence-corrected chi connectivity index (χ4v) is 1.90. The normalized spacial score (nSPS) is 10.7. The number of anilines is 1. The first-order valence-corrected chi connectivity index (χ1v) is 6.24. The zero-order valence-electron chi connectivity index (χ0n) is 11.3. The van der Waals surface area contributed by atoms with Crippen molar-refractivity contribution in [1.82, 2.24) is 25.1 Å². The van der Waals surface area contributed by atoms with E-state index in [1.165, 1.54) is 12.4 Å². The maximum Gasteiger partial charge on any atom is 0.278 e. The van der Waals surface area contributed by atoms with Gasteiger partial charge < -0.3 is 4.98 Å². The molecule has 2 aromatic heterocycles. The summed E-state index contributed by atoms with van der Waals surface area (Å²) in [5, 5.41) is 8.49. The van der Waals surface area contributed by atoms with E-state index in [1.807, 2.05) is 0 Å². The molecule has 0 aliphatic heterocycles. The fraction of sp³-hybridized carbons (Fsp3) is 0.0769. The average Bonchev–Trinajstić information content (AvgIpc) is 3.08. The number of aromatic nitrogens is 5. The molecule has 3 rings (SSSR count). The van der Waals surface area contributed by atoms with Crippen molar-refractivity contribution in [1.29, 1.82) is 0 Å². The van der Waals surface area contributed by atoms with Crippen LogP contribution >= 0.6 is 0 Å². The van der Waals surface area contributed by atoms with Crippen LogP contribution in [-0.4, -0.2) is 31.1 Å². The molecule has 0 aliphatic rings. The predicted octanol–water partition coefficient (Wildman–Crippen LogP) is 2.03.